The molecule has 1 N–H and O–H groups in total. The number of amides is 1. The van der Waals surface area contributed by atoms with Crippen LogP contribution < -0.4 is 5.32 Å². The number of nitrogens with zero attached hydrogens (tertiary/aromatic N) is 2. The van der Waals surface area contributed by atoms with Crippen LogP contribution >= 0.6 is 15.9 Å². The summed E-state index contributed by atoms with van der Waals surface area (Å²) in [5.74, 6) is -0.626. The monoisotopic (exact) mass is 563 g/mol. The van der Waals surface area contributed by atoms with Crippen LogP contribution in [-0.4, -0.2) is 57.0 Å². The van der Waals surface area contributed by atoms with Gasteiger partial charge < -0.3 is 5.32 Å². The number of hydrogen-bond donors (Lipinski definition) is 1. The van der Waals surface area contributed by atoms with Gasteiger partial charge in [0.15, 0.2) is 0 Å². The summed E-state index contributed by atoms with van der Waals surface area (Å²) in [6.45, 7) is -0.570. The first-order valence-electron chi connectivity index (χ1n) is 10.4. The van der Waals surface area contributed by atoms with Crippen molar-refractivity contribution in [1.82, 2.24) is 8.61 Å². The molecule has 34 heavy (non-hydrogen) atoms. The molecule has 0 spiro atoms. The maximum Gasteiger partial charge on any atom is 0.244 e. The minimum Gasteiger partial charge on any atom is -0.324 e. The van der Waals surface area contributed by atoms with Gasteiger partial charge in [-0.2, -0.15) is 8.61 Å². The molecule has 178 valence electrons. The number of carbonyl (C=O) groups excluding carboxylic acids is 1. The molecule has 1 saturated heterocycles. The van der Waals surface area contributed by atoms with Crippen LogP contribution in [-0.2, 0) is 24.8 Å². The van der Waals surface area contributed by atoms with E-state index in [0.717, 1.165) is 8.61 Å². The molecule has 11 heteroatoms. The van der Waals surface area contributed by atoms with Gasteiger partial charge in [0.1, 0.15) is 6.04 Å². The predicted octanol–water partition coefficient (Wildman–Crippen LogP) is 3.15. The third-order valence-corrected chi connectivity index (χ3v) is 9.95. The lowest BCUT2D eigenvalue weighted by Crippen LogP contribution is -2.60. The van der Waals surface area contributed by atoms with Gasteiger partial charge in [-0.25, -0.2) is 16.8 Å². The van der Waals surface area contributed by atoms with E-state index >= 15 is 0 Å². The Morgan fingerprint density at radius 3 is 1.88 bits per heavy atom. The SMILES string of the molecule is O=C(Nc1ccccc1Br)[C@@H]1CN(S(=O)(=O)c2ccccc2)CCN1S(=O)(=O)c1ccccc1. The summed E-state index contributed by atoms with van der Waals surface area (Å²) in [4.78, 5) is 13.5. The fourth-order valence-electron chi connectivity index (χ4n) is 3.71. The van der Waals surface area contributed by atoms with E-state index in [2.05, 4.69) is 21.2 Å². The Kier molecular flexibility index (Phi) is 7.20. The lowest BCUT2D eigenvalue weighted by molar-refractivity contribution is -0.120. The normalized spacial score (nSPS) is 17.9. The number of sulfonamides is 2. The molecule has 1 heterocycles. The molecule has 0 radical (unpaired) electrons. The highest BCUT2D eigenvalue weighted by Crippen LogP contribution is 2.27. The van der Waals surface area contributed by atoms with E-state index in [1.54, 1.807) is 60.7 Å². The van der Waals surface area contributed by atoms with Crippen molar-refractivity contribution in [3.63, 3.8) is 0 Å². The van der Waals surface area contributed by atoms with Crippen LogP contribution in [0.5, 0.6) is 0 Å². The first-order valence-corrected chi connectivity index (χ1v) is 14.1. The van der Waals surface area contributed by atoms with Crippen LogP contribution in [0.2, 0.25) is 0 Å². The molecule has 0 bridgehead atoms. The van der Waals surface area contributed by atoms with Crippen molar-refractivity contribution in [2.75, 3.05) is 25.0 Å². The number of halogens is 1. The second kappa shape index (κ2) is 9.96. The molecular formula is C23H22BrN3O5S2. The molecule has 0 unspecified atom stereocenters. The highest BCUT2D eigenvalue weighted by molar-refractivity contribution is 9.10. The highest BCUT2D eigenvalue weighted by atomic mass is 79.9. The molecule has 3 aromatic carbocycles. The zero-order valence-electron chi connectivity index (χ0n) is 17.9. The molecule has 0 aromatic heterocycles. The van der Waals surface area contributed by atoms with E-state index in [1.165, 1.54) is 24.3 Å². The molecule has 1 aliphatic rings. The summed E-state index contributed by atoms with van der Waals surface area (Å²) in [7, 11) is -7.97. The van der Waals surface area contributed by atoms with E-state index in [9.17, 15) is 21.6 Å². The number of nitrogens with one attached hydrogen (secondary N) is 1. The van der Waals surface area contributed by atoms with Crippen LogP contribution in [0, 0.1) is 0 Å². The van der Waals surface area contributed by atoms with Gasteiger partial charge in [-0.05, 0) is 52.3 Å². The molecule has 4 rings (SSSR count). The summed E-state index contributed by atoms with van der Waals surface area (Å²) in [6.07, 6.45) is 0. The zero-order valence-corrected chi connectivity index (χ0v) is 21.1. The molecule has 8 nitrogen and oxygen atoms in total. The van der Waals surface area contributed by atoms with Gasteiger partial charge >= 0.3 is 0 Å². The van der Waals surface area contributed by atoms with Crippen molar-refractivity contribution in [2.24, 2.45) is 0 Å². The van der Waals surface area contributed by atoms with Crippen LogP contribution in [0.15, 0.2) is 99.2 Å². The second-order valence-electron chi connectivity index (χ2n) is 7.59. The summed E-state index contributed by atoms with van der Waals surface area (Å²) in [5, 5.41) is 2.73. The van der Waals surface area contributed by atoms with Crippen LogP contribution in [0.3, 0.4) is 0 Å². The van der Waals surface area contributed by atoms with Gasteiger partial charge in [0.25, 0.3) is 0 Å². The van der Waals surface area contributed by atoms with Gasteiger partial charge in [0.2, 0.25) is 26.0 Å². The van der Waals surface area contributed by atoms with Crippen molar-refractivity contribution in [2.45, 2.75) is 15.8 Å². The minimum absolute atomic E-state index is 0.0352. The fraction of sp³-hybridized carbons (Fsp3) is 0.174. The van der Waals surface area contributed by atoms with Crippen LogP contribution in [0.25, 0.3) is 0 Å². The van der Waals surface area contributed by atoms with E-state index < -0.39 is 32.0 Å². The van der Waals surface area contributed by atoms with E-state index in [0.29, 0.717) is 10.2 Å². The number of rotatable bonds is 6. The van der Waals surface area contributed by atoms with Gasteiger partial charge in [0.05, 0.1) is 15.5 Å². The largest absolute Gasteiger partial charge is 0.324 e. The molecule has 1 aliphatic heterocycles. The minimum atomic E-state index is -4.05. The lowest BCUT2D eigenvalue weighted by Gasteiger charge is -2.39. The van der Waals surface area contributed by atoms with E-state index in [1.807, 2.05) is 0 Å². The molecule has 1 fully saturated rings. The first-order chi connectivity index (χ1) is 16.2. The van der Waals surface area contributed by atoms with Crippen molar-refractivity contribution >= 4 is 47.6 Å². The standard InChI is InChI=1S/C23H22BrN3O5S2/c24-20-13-7-8-14-21(20)25-23(28)22-17-26(33(29,30)18-9-3-1-4-10-18)15-16-27(22)34(31,32)19-11-5-2-6-12-19/h1-14,22H,15-17H2,(H,25,28)/t22-/m0/s1. The maximum atomic E-state index is 13.4. The lowest BCUT2D eigenvalue weighted by atomic mass is 10.2. The topological polar surface area (TPSA) is 104 Å². The Balaban J connectivity index is 1.70. The highest BCUT2D eigenvalue weighted by Gasteiger charge is 2.43. The Morgan fingerprint density at radius 2 is 1.29 bits per heavy atom. The number of carbonyl (C=O) groups is 1. The van der Waals surface area contributed by atoms with E-state index in [4.69, 9.17) is 0 Å². The number of para-hydroxylation sites is 1. The Labute approximate surface area is 207 Å². The molecule has 1 atom stereocenters. The summed E-state index contributed by atoms with van der Waals surface area (Å²) in [5.41, 5.74) is 0.451. The first kappa shape index (κ1) is 24.6. The average molecular weight is 564 g/mol. The summed E-state index contributed by atoms with van der Waals surface area (Å²) >= 11 is 3.36. The van der Waals surface area contributed by atoms with E-state index in [-0.39, 0.29) is 29.4 Å². The van der Waals surface area contributed by atoms with Crippen LogP contribution in [0.4, 0.5) is 5.69 Å². The zero-order chi connectivity index (χ0) is 24.3. The summed E-state index contributed by atoms with van der Waals surface area (Å²) < 4.78 is 56.1. The number of benzene rings is 3. The molecule has 3 aromatic rings. The Morgan fingerprint density at radius 1 is 0.765 bits per heavy atom. The Bertz CT molecular complexity index is 1380. The molecule has 0 aliphatic carbocycles. The third-order valence-electron chi connectivity index (χ3n) is 5.46. The van der Waals surface area contributed by atoms with Crippen molar-refractivity contribution in [1.29, 1.82) is 0 Å². The molecule has 0 saturated carbocycles. The van der Waals surface area contributed by atoms with Crippen molar-refractivity contribution < 1.29 is 21.6 Å². The average Bonchev–Trinajstić information content (AvgIpc) is 2.86. The van der Waals surface area contributed by atoms with Gasteiger partial charge in [-0.3, -0.25) is 4.79 Å². The number of hydrogen-bond acceptors (Lipinski definition) is 5. The molecule has 1 amide bonds. The maximum absolute atomic E-state index is 13.4. The summed E-state index contributed by atoms with van der Waals surface area (Å²) in [6, 6.07) is 21.3. The van der Waals surface area contributed by atoms with Crippen molar-refractivity contribution in [3.05, 3.63) is 89.4 Å². The quantitative estimate of drug-likeness (QED) is 0.496. The van der Waals surface area contributed by atoms with Gasteiger partial charge in [-0.15, -0.1) is 0 Å². The van der Waals surface area contributed by atoms with Crippen LogP contribution in [0.1, 0.15) is 0 Å². The number of piperazine rings is 1. The predicted molar refractivity (Wildman–Crippen MR) is 132 cm³/mol. The number of anilines is 1. The van der Waals surface area contributed by atoms with Gasteiger partial charge in [-0.1, -0.05) is 48.5 Å². The molecular weight excluding hydrogens is 542 g/mol. The Hall–Kier alpha value is -2.57. The second-order valence-corrected chi connectivity index (χ2v) is 12.3. The van der Waals surface area contributed by atoms with Gasteiger partial charge in [0, 0.05) is 24.1 Å². The smallest absolute Gasteiger partial charge is 0.244 e. The van der Waals surface area contributed by atoms with Crippen molar-refractivity contribution in [3.8, 4) is 0 Å². The third kappa shape index (κ3) is 4.93. The fourth-order valence-corrected chi connectivity index (χ4v) is 7.14.